The van der Waals surface area contributed by atoms with Gasteiger partial charge in [0.1, 0.15) is 17.3 Å². The van der Waals surface area contributed by atoms with Crippen molar-refractivity contribution in [3.63, 3.8) is 0 Å². The van der Waals surface area contributed by atoms with Crippen molar-refractivity contribution in [1.82, 2.24) is 34.7 Å². The zero-order valence-corrected chi connectivity index (χ0v) is 22.0. The second kappa shape index (κ2) is 10.9. The molecule has 4 rings (SSSR count). The Morgan fingerprint density at radius 3 is 2.37 bits per heavy atom. The summed E-state index contributed by atoms with van der Waals surface area (Å²) in [5.41, 5.74) is 0.568. The summed E-state index contributed by atoms with van der Waals surface area (Å²) in [6.45, 7) is 3.11. The number of nitrogens with zero attached hydrogens (tertiary/aromatic N) is 7. The lowest BCUT2D eigenvalue weighted by atomic mass is 10.1. The second-order valence-corrected chi connectivity index (χ2v) is 10.1. The fraction of sp³-hybridized carbons (Fsp3) is 0.304. The third kappa shape index (κ3) is 5.18. The number of rotatable bonds is 10. The molecule has 0 aliphatic carbocycles. The molecule has 15 heteroatoms. The molecule has 0 fully saturated rings. The van der Waals surface area contributed by atoms with E-state index in [9.17, 15) is 12.8 Å². The van der Waals surface area contributed by atoms with Crippen LogP contribution < -0.4 is 18.9 Å². The van der Waals surface area contributed by atoms with Crippen molar-refractivity contribution < 1.29 is 27.0 Å². The van der Waals surface area contributed by atoms with Gasteiger partial charge in [0, 0.05) is 24.2 Å². The second-order valence-electron chi connectivity index (χ2n) is 8.02. The first-order chi connectivity index (χ1) is 18.2. The SMILES string of the molecule is COc1cccc(-c2nnc(NS(=O)(=O)[C@H](C)[C@H](C)c3ncc(F)cn3)n2-c2c(OC)ccnc2OC)n1. The Morgan fingerprint density at radius 2 is 1.71 bits per heavy atom. The van der Waals surface area contributed by atoms with Crippen molar-refractivity contribution in [2.24, 2.45) is 0 Å². The predicted molar refractivity (Wildman–Crippen MR) is 134 cm³/mol. The number of halogens is 1. The highest BCUT2D eigenvalue weighted by atomic mass is 32.2. The molecule has 0 saturated heterocycles. The summed E-state index contributed by atoms with van der Waals surface area (Å²) >= 11 is 0. The van der Waals surface area contributed by atoms with Gasteiger partial charge in [0.2, 0.25) is 27.7 Å². The number of ether oxygens (including phenoxy) is 3. The number of hydrogen-bond donors (Lipinski definition) is 1. The van der Waals surface area contributed by atoms with Gasteiger partial charge in [-0.25, -0.2) is 32.7 Å². The molecule has 4 heterocycles. The van der Waals surface area contributed by atoms with Crippen LogP contribution in [0.15, 0.2) is 42.9 Å². The average molecular weight is 545 g/mol. The first kappa shape index (κ1) is 26.7. The van der Waals surface area contributed by atoms with Crippen LogP contribution >= 0.6 is 0 Å². The topological polar surface area (TPSA) is 156 Å². The minimum absolute atomic E-state index is 0.120. The van der Waals surface area contributed by atoms with Crippen LogP contribution in [-0.4, -0.2) is 69.7 Å². The van der Waals surface area contributed by atoms with Crippen LogP contribution in [-0.2, 0) is 10.0 Å². The van der Waals surface area contributed by atoms with E-state index < -0.39 is 27.0 Å². The third-order valence-electron chi connectivity index (χ3n) is 5.79. The molecule has 4 aromatic rings. The lowest BCUT2D eigenvalue weighted by molar-refractivity contribution is 0.379. The summed E-state index contributed by atoms with van der Waals surface area (Å²) in [4.78, 5) is 16.5. The monoisotopic (exact) mass is 544 g/mol. The Hall–Kier alpha value is -4.40. The van der Waals surface area contributed by atoms with Crippen molar-refractivity contribution >= 4 is 16.0 Å². The lowest BCUT2D eigenvalue weighted by Gasteiger charge is -2.21. The van der Waals surface area contributed by atoms with Crippen LogP contribution in [0, 0.1) is 5.82 Å². The van der Waals surface area contributed by atoms with Crippen LogP contribution in [0.3, 0.4) is 0 Å². The molecule has 13 nitrogen and oxygen atoms in total. The van der Waals surface area contributed by atoms with E-state index in [1.165, 1.54) is 39.0 Å². The molecule has 38 heavy (non-hydrogen) atoms. The number of methoxy groups -OCH3 is 3. The van der Waals surface area contributed by atoms with Gasteiger partial charge in [-0.05, 0) is 13.0 Å². The maximum absolute atomic E-state index is 13.5. The number of sulfonamides is 1. The average Bonchev–Trinajstić information content (AvgIpc) is 3.34. The molecule has 200 valence electrons. The summed E-state index contributed by atoms with van der Waals surface area (Å²) in [6, 6.07) is 6.59. The van der Waals surface area contributed by atoms with Crippen LogP contribution in [0.4, 0.5) is 10.3 Å². The van der Waals surface area contributed by atoms with Gasteiger partial charge in [0.25, 0.3) is 0 Å². The highest BCUT2D eigenvalue weighted by molar-refractivity contribution is 7.93. The zero-order valence-electron chi connectivity index (χ0n) is 21.2. The Bertz CT molecular complexity index is 1510. The van der Waals surface area contributed by atoms with E-state index in [0.717, 1.165) is 12.4 Å². The Morgan fingerprint density at radius 1 is 0.974 bits per heavy atom. The number of nitrogens with one attached hydrogen (secondary N) is 1. The van der Waals surface area contributed by atoms with E-state index in [2.05, 4.69) is 34.9 Å². The van der Waals surface area contributed by atoms with E-state index in [1.54, 1.807) is 31.2 Å². The number of hydrogen-bond acceptors (Lipinski definition) is 11. The molecule has 0 saturated carbocycles. The summed E-state index contributed by atoms with van der Waals surface area (Å²) in [6.07, 6.45) is 3.44. The van der Waals surface area contributed by atoms with Gasteiger partial charge in [-0.1, -0.05) is 13.0 Å². The van der Waals surface area contributed by atoms with Crippen LogP contribution in [0.5, 0.6) is 17.5 Å². The molecule has 0 aromatic carbocycles. The third-order valence-corrected chi connectivity index (χ3v) is 7.64. The van der Waals surface area contributed by atoms with Gasteiger partial charge >= 0.3 is 0 Å². The normalized spacial score (nSPS) is 13.0. The summed E-state index contributed by atoms with van der Waals surface area (Å²) in [5, 5.41) is 7.27. The Kier molecular flexibility index (Phi) is 7.66. The van der Waals surface area contributed by atoms with E-state index in [4.69, 9.17) is 14.2 Å². The van der Waals surface area contributed by atoms with Crippen molar-refractivity contribution in [2.45, 2.75) is 25.0 Å². The number of aromatic nitrogens is 7. The van der Waals surface area contributed by atoms with Crippen molar-refractivity contribution in [3.05, 3.63) is 54.5 Å². The molecule has 0 aliphatic heterocycles. The molecule has 0 unspecified atom stereocenters. The summed E-state index contributed by atoms with van der Waals surface area (Å²) in [5.74, 6) is -0.417. The Balaban J connectivity index is 1.84. The van der Waals surface area contributed by atoms with Gasteiger partial charge < -0.3 is 14.2 Å². The van der Waals surface area contributed by atoms with E-state index in [0.29, 0.717) is 17.3 Å². The van der Waals surface area contributed by atoms with Crippen molar-refractivity contribution in [1.29, 1.82) is 0 Å². The number of pyridine rings is 2. The first-order valence-corrected chi connectivity index (χ1v) is 12.8. The lowest BCUT2D eigenvalue weighted by Crippen LogP contribution is -2.31. The van der Waals surface area contributed by atoms with Gasteiger partial charge in [0.15, 0.2) is 17.3 Å². The fourth-order valence-electron chi connectivity index (χ4n) is 3.58. The molecule has 1 N–H and O–H groups in total. The predicted octanol–water partition coefficient (Wildman–Crippen LogP) is 2.61. The van der Waals surface area contributed by atoms with E-state index in [1.807, 2.05) is 0 Å². The minimum Gasteiger partial charge on any atom is -0.494 e. The summed E-state index contributed by atoms with van der Waals surface area (Å²) in [7, 11) is 0.212. The minimum atomic E-state index is -4.12. The van der Waals surface area contributed by atoms with Crippen LogP contribution in [0.1, 0.15) is 25.6 Å². The van der Waals surface area contributed by atoms with E-state index in [-0.39, 0.29) is 29.2 Å². The molecular formula is C23H25FN8O5S. The fourth-order valence-corrected chi connectivity index (χ4v) is 4.81. The van der Waals surface area contributed by atoms with Crippen molar-refractivity contribution in [2.75, 3.05) is 26.1 Å². The molecule has 0 amide bonds. The van der Waals surface area contributed by atoms with Crippen LogP contribution in [0.25, 0.3) is 17.2 Å². The standard InChI is InChI=1S/C23H25FN8O5S/c1-13(20-26-11-15(24)12-27-20)14(2)38(33,34)31-23-30-29-21(16-7-6-8-18(28-16)36-4)32(23)19-17(35-3)9-10-25-22(19)37-5/h6-14H,1-5H3,(H,30,31)/t13-,14+/m0/s1. The number of anilines is 1. The molecule has 0 spiro atoms. The Labute approximate surface area is 218 Å². The molecule has 4 aromatic heterocycles. The first-order valence-electron chi connectivity index (χ1n) is 11.2. The largest absolute Gasteiger partial charge is 0.494 e. The molecule has 0 radical (unpaired) electrons. The molecule has 0 bridgehead atoms. The van der Waals surface area contributed by atoms with Crippen LogP contribution in [0.2, 0.25) is 0 Å². The van der Waals surface area contributed by atoms with Gasteiger partial charge in [-0.15, -0.1) is 10.2 Å². The van der Waals surface area contributed by atoms with Crippen molar-refractivity contribution in [3.8, 4) is 34.7 Å². The smallest absolute Gasteiger partial charge is 0.243 e. The highest BCUT2D eigenvalue weighted by Crippen LogP contribution is 2.36. The maximum Gasteiger partial charge on any atom is 0.243 e. The highest BCUT2D eigenvalue weighted by Gasteiger charge is 2.33. The van der Waals surface area contributed by atoms with E-state index >= 15 is 0 Å². The zero-order chi connectivity index (χ0) is 27.4. The maximum atomic E-state index is 13.5. The van der Waals surface area contributed by atoms with Gasteiger partial charge in [0.05, 0.1) is 39.0 Å². The molecule has 2 atom stereocenters. The molecular weight excluding hydrogens is 519 g/mol. The molecule has 0 aliphatic rings. The summed E-state index contributed by atoms with van der Waals surface area (Å²) < 4.78 is 60.3. The quantitative estimate of drug-likeness (QED) is 0.313. The van der Waals surface area contributed by atoms with Gasteiger partial charge in [-0.3, -0.25) is 9.29 Å². The van der Waals surface area contributed by atoms with Gasteiger partial charge in [-0.2, -0.15) is 0 Å².